The van der Waals surface area contributed by atoms with Gasteiger partial charge < -0.3 is 20.3 Å². The van der Waals surface area contributed by atoms with Gasteiger partial charge in [-0.15, -0.1) is 0 Å². The second-order valence-electron chi connectivity index (χ2n) is 5.79. The van der Waals surface area contributed by atoms with Crippen LogP contribution in [-0.2, 0) is 11.4 Å². The van der Waals surface area contributed by atoms with E-state index in [2.05, 4.69) is 15.3 Å². The highest BCUT2D eigenvalue weighted by Gasteiger charge is 2.16. The number of nitrogens with zero attached hydrogens (tertiary/aromatic N) is 2. The van der Waals surface area contributed by atoms with Crippen LogP contribution in [-0.4, -0.2) is 38.6 Å². The highest BCUT2D eigenvalue weighted by Crippen LogP contribution is 2.22. The summed E-state index contributed by atoms with van der Waals surface area (Å²) in [7, 11) is 0. The van der Waals surface area contributed by atoms with E-state index in [0.29, 0.717) is 23.7 Å². The lowest BCUT2D eigenvalue weighted by atomic mass is 10.2. The highest BCUT2D eigenvalue weighted by atomic mass is 16.5. The van der Waals surface area contributed by atoms with Gasteiger partial charge in [0.1, 0.15) is 24.7 Å². The van der Waals surface area contributed by atoms with Crippen molar-refractivity contribution in [1.82, 2.24) is 15.3 Å². The maximum Gasteiger partial charge on any atom is 0.322 e. The largest absolute Gasteiger partial charge is 0.505 e. The molecule has 0 bridgehead atoms. The van der Waals surface area contributed by atoms with Crippen LogP contribution in [0.1, 0.15) is 16.1 Å². The molecule has 8 heteroatoms. The van der Waals surface area contributed by atoms with E-state index in [1.54, 1.807) is 12.1 Å². The minimum atomic E-state index is -1.20. The summed E-state index contributed by atoms with van der Waals surface area (Å²) in [6.07, 6.45) is 1.54. The number of nitrogens with one attached hydrogen (secondary N) is 1. The normalized spacial score (nSPS) is 10.3. The van der Waals surface area contributed by atoms with Crippen LogP contribution in [0.5, 0.6) is 11.5 Å². The Morgan fingerprint density at radius 2 is 1.75 bits per heavy atom. The monoisotopic (exact) mass is 379 g/mol. The molecular weight excluding hydrogens is 362 g/mol. The molecule has 2 aromatic heterocycles. The predicted octanol–water partition coefficient (Wildman–Crippen LogP) is 2.24. The van der Waals surface area contributed by atoms with Gasteiger partial charge in [0.15, 0.2) is 5.69 Å². The molecular formula is C20H17N3O5. The van der Waals surface area contributed by atoms with Crippen molar-refractivity contribution in [2.24, 2.45) is 0 Å². The number of carboxylic acids is 1. The summed E-state index contributed by atoms with van der Waals surface area (Å²) in [6, 6.07) is 15.9. The van der Waals surface area contributed by atoms with E-state index in [1.165, 1.54) is 18.3 Å². The molecule has 0 spiro atoms. The van der Waals surface area contributed by atoms with Gasteiger partial charge in [-0.05, 0) is 29.8 Å². The fourth-order valence-corrected chi connectivity index (χ4v) is 2.36. The van der Waals surface area contributed by atoms with Crippen LogP contribution in [0.4, 0.5) is 0 Å². The Labute approximate surface area is 160 Å². The third kappa shape index (κ3) is 4.82. The molecule has 0 aliphatic heterocycles. The zero-order chi connectivity index (χ0) is 19.9. The summed E-state index contributed by atoms with van der Waals surface area (Å²) in [4.78, 5) is 30.9. The summed E-state index contributed by atoms with van der Waals surface area (Å²) < 4.78 is 5.68. The number of hydrogen-bond acceptors (Lipinski definition) is 6. The lowest BCUT2D eigenvalue weighted by molar-refractivity contribution is -0.135. The van der Waals surface area contributed by atoms with Crippen LogP contribution in [0.2, 0.25) is 0 Å². The Bertz CT molecular complexity index is 975. The SMILES string of the molecule is O=C(O)CNC(=O)c1nc(-c2ccc(OCc3ccccc3)cn2)ccc1O. The topological polar surface area (TPSA) is 122 Å². The average molecular weight is 379 g/mol. The molecule has 0 radical (unpaired) electrons. The van der Waals surface area contributed by atoms with Gasteiger partial charge in [-0.3, -0.25) is 14.6 Å². The van der Waals surface area contributed by atoms with Gasteiger partial charge in [0, 0.05) is 0 Å². The minimum absolute atomic E-state index is 0.273. The smallest absolute Gasteiger partial charge is 0.322 e. The van der Waals surface area contributed by atoms with Crippen LogP contribution in [0.3, 0.4) is 0 Å². The number of carbonyl (C=O) groups excluding carboxylic acids is 1. The number of aliphatic carboxylic acids is 1. The number of aromatic nitrogens is 2. The van der Waals surface area contributed by atoms with Crippen LogP contribution in [0.25, 0.3) is 11.4 Å². The summed E-state index contributed by atoms with van der Waals surface area (Å²) in [6.45, 7) is -0.164. The lowest BCUT2D eigenvalue weighted by Crippen LogP contribution is -2.30. The maximum atomic E-state index is 12.0. The Morgan fingerprint density at radius 3 is 2.43 bits per heavy atom. The van der Waals surface area contributed by atoms with E-state index in [-0.39, 0.29) is 11.4 Å². The van der Waals surface area contributed by atoms with Gasteiger partial charge in [-0.25, -0.2) is 4.98 Å². The molecule has 8 nitrogen and oxygen atoms in total. The first-order valence-electron chi connectivity index (χ1n) is 8.36. The molecule has 1 amide bonds. The molecule has 1 aromatic carbocycles. The molecule has 3 rings (SSSR count). The summed E-state index contributed by atoms with van der Waals surface area (Å²) in [5.74, 6) is -1.76. The second-order valence-corrected chi connectivity index (χ2v) is 5.79. The standard InChI is InChI=1S/C20H17N3O5/c24-17-9-8-16(23-19(17)20(27)22-11-18(25)26)15-7-6-14(10-21-15)28-12-13-4-2-1-3-5-13/h1-10,24H,11-12H2,(H,22,27)(H,25,26). The lowest BCUT2D eigenvalue weighted by Gasteiger charge is -2.08. The number of amides is 1. The van der Waals surface area contributed by atoms with Crippen molar-refractivity contribution >= 4 is 11.9 Å². The number of rotatable bonds is 7. The van der Waals surface area contributed by atoms with E-state index < -0.39 is 18.4 Å². The van der Waals surface area contributed by atoms with E-state index in [4.69, 9.17) is 9.84 Å². The first-order valence-corrected chi connectivity index (χ1v) is 8.36. The van der Waals surface area contributed by atoms with Gasteiger partial charge in [0.2, 0.25) is 0 Å². The number of pyridine rings is 2. The van der Waals surface area contributed by atoms with Crippen LogP contribution >= 0.6 is 0 Å². The summed E-state index contributed by atoms with van der Waals surface area (Å²) in [5.41, 5.74) is 1.58. The van der Waals surface area contributed by atoms with Crippen molar-refractivity contribution in [2.75, 3.05) is 6.54 Å². The number of ether oxygens (including phenoxy) is 1. The van der Waals surface area contributed by atoms with Crippen molar-refractivity contribution in [3.8, 4) is 22.9 Å². The average Bonchev–Trinajstić information content (AvgIpc) is 2.72. The fourth-order valence-electron chi connectivity index (χ4n) is 2.36. The quantitative estimate of drug-likeness (QED) is 0.575. The summed E-state index contributed by atoms with van der Waals surface area (Å²) in [5, 5.41) is 20.6. The minimum Gasteiger partial charge on any atom is -0.505 e. The van der Waals surface area contributed by atoms with E-state index in [9.17, 15) is 14.7 Å². The maximum absolute atomic E-state index is 12.0. The van der Waals surface area contributed by atoms with Crippen molar-refractivity contribution in [3.63, 3.8) is 0 Å². The molecule has 0 saturated carbocycles. The third-order valence-corrected chi connectivity index (χ3v) is 3.74. The van der Waals surface area contributed by atoms with Gasteiger partial charge in [0.05, 0.1) is 17.6 Å². The molecule has 3 aromatic rings. The number of carboxylic acid groups (broad SMARTS) is 1. The van der Waals surface area contributed by atoms with Gasteiger partial charge in [-0.1, -0.05) is 30.3 Å². The van der Waals surface area contributed by atoms with E-state index >= 15 is 0 Å². The number of carbonyl (C=O) groups is 2. The number of hydrogen-bond donors (Lipinski definition) is 3. The van der Waals surface area contributed by atoms with Crippen molar-refractivity contribution < 1.29 is 24.5 Å². The number of benzene rings is 1. The van der Waals surface area contributed by atoms with Crippen molar-refractivity contribution in [3.05, 3.63) is 72.1 Å². The second kappa shape index (κ2) is 8.63. The first-order chi connectivity index (χ1) is 13.5. The molecule has 0 saturated heterocycles. The Kier molecular flexibility index (Phi) is 5.81. The van der Waals surface area contributed by atoms with E-state index in [1.807, 2.05) is 30.3 Å². The van der Waals surface area contributed by atoms with Crippen LogP contribution < -0.4 is 10.1 Å². The Balaban J connectivity index is 1.71. The molecule has 142 valence electrons. The molecule has 0 fully saturated rings. The molecule has 0 atom stereocenters. The Morgan fingerprint density at radius 1 is 1.00 bits per heavy atom. The van der Waals surface area contributed by atoms with Crippen molar-refractivity contribution in [2.45, 2.75) is 6.61 Å². The van der Waals surface area contributed by atoms with Gasteiger partial charge >= 0.3 is 5.97 Å². The molecule has 0 unspecified atom stereocenters. The predicted molar refractivity (Wildman–Crippen MR) is 99.9 cm³/mol. The molecule has 2 heterocycles. The third-order valence-electron chi connectivity index (χ3n) is 3.74. The van der Waals surface area contributed by atoms with Crippen LogP contribution in [0, 0.1) is 0 Å². The van der Waals surface area contributed by atoms with Gasteiger partial charge in [0.25, 0.3) is 5.91 Å². The highest BCUT2D eigenvalue weighted by molar-refractivity contribution is 5.96. The van der Waals surface area contributed by atoms with Crippen molar-refractivity contribution in [1.29, 1.82) is 0 Å². The fraction of sp³-hybridized carbons (Fsp3) is 0.100. The molecule has 28 heavy (non-hydrogen) atoms. The Hall–Kier alpha value is -3.94. The number of aromatic hydroxyl groups is 1. The molecule has 0 aliphatic carbocycles. The van der Waals surface area contributed by atoms with Crippen LogP contribution in [0.15, 0.2) is 60.8 Å². The summed E-state index contributed by atoms with van der Waals surface area (Å²) >= 11 is 0. The van der Waals surface area contributed by atoms with Gasteiger partial charge in [-0.2, -0.15) is 0 Å². The molecule has 0 aliphatic rings. The van der Waals surface area contributed by atoms with E-state index in [0.717, 1.165) is 5.56 Å². The zero-order valence-corrected chi connectivity index (χ0v) is 14.7. The molecule has 3 N–H and O–H groups in total. The first kappa shape index (κ1) is 18.8. The zero-order valence-electron chi connectivity index (χ0n) is 14.7.